The molecule has 3 saturated heterocycles. The summed E-state index contributed by atoms with van der Waals surface area (Å²) in [4.78, 5) is 13.8. The fourth-order valence-electron chi connectivity index (χ4n) is 2.95. The van der Waals surface area contributed by atoms with Crippen LogP contribution in [0.3, 0.4) is 0 Å². The van der Waals surface area contributed by atoms with Crippen molar-refractivity contribution in [2.24, 2.45) is 11.8 Å². The average molecular weight is 250 g/mol. The van der Waals surface area contributed by atoms with Crippen molar-refractivity contribution in [3.63, 3.8) is 0 Å². The van der Waals surface area contributed by atoms with E-state index in [4.69, 9.17) is 11.2 Å². The lowest BCUT2D eigenvalue weighted by molar-refractivity contribution is -0.00847. The van der Waals surface area contributed by atoms with Crippen LogP contribution in [-0.2, 0) is 4.74 Å². The highest BCUT2D eigenvalue weighted by Crippen LogP contribution is 2.35. The fourth-order valence-corrected chi connectivity index (χ4v) is 2.95. The molecule has 0 saturated carbocycles. The highest BCUT2D eigenvalue weighted by molar-refractivity contribution is 5.67. The zero-order valence-corrected chi connectivity index (χ0v) is 11.0. The van der Waals surface area contributed by atoms with Crippen molar-refractivity contribution in [1.82, 2.24) is 10.2 Å². The summed E-state index contributed by atoms with van der Waals surface area (Å²) < 4.78 is 5.26. The van der Waals surface area contributed by atoms with Gasteiger partial charge in [-0.2, -0.15) is 0 Å². The molecule has 0 aromatic rings. The highest BCUT2D eigenvalue weighted by atomic mass is 16.5. The van der Waals surface area contributed by atoms with E-state index in [9.17, 15) is 4.79 Å². The smallest absolute Gasteiger partial charge is 0.407 e. The molecule has 3 aliphatic heterocycles. The van der Waals surface area contributed by atoms with E-state index in [-0.39, 0.29) is 6.09 Å². The lowest BCUT2D eigenvalue weighted by Gasteiger charge is -2.48. The summed E-state index contributed by atoms with van der Waals surface area (Å²) in [5, 5.41) is 2.72. The number of amides is 1. The maximum absolute atomic E-state index is 11.4. The van der Waals surface area contributed by atoms with Gasteiger partial charge in [-0.1, -0.05) is 6.92 Å². The number of terminal acetylenes is 1. The highest BCUT2D eigenvalue weighted by Gasteiger charge is 2.39. The van der Waals surface area contributed by atoms with Crippen LogP contribution in [0.2, 0.25) is 0 Å². The van der Waals surface area contributed by atoms with Gasteiger partial charge in [0.2, 0.25) is 0 Å². The second-order valence-corrected chi connectivity index (χ2v) is 5.23. The minimum absolute atomic E-state index is 0.298. The monoisotopic (exact) mass is 250 g/mol. The third-order valence-corrected chi connectivity index (χ3v) is 4.02. The van der Waals surface area contributed by atoms with E-state index >= 15 is 0 Å². The molecule has 4 heteroatoms. The van der Waals surface area contributed by atoms with Crippen molar-refractivity contribution in [2.45, 2.75) is 32.2 Å². The van der Waals surface area contributed by atoms with Crippen LogP contribution in [-0.4, -0.2) is 43.3 Å². The zero-order chi connectivity index (χ0) is 13.0. The summed E-state index contributed by atoms with van der Waals surface area (Å²) in [7, 11) is 0. The Morgan fingerprint density at radius 2 is 2.44 bits per heavy atom. The molecule has 18 heavy (non-hydrogen) atoms. The van der Waals surface area contributed by atoms with E-state index in [0.29, 0.717) is 31.0 Å². The topological polar surface area (TPSA) is 41.6 Å². The van der Waals surface area contributed by atoms with E-state index < -0.39 is 0 Å². The third-order valence-electron chi connectivity index (χ3n) is 4.02. The number of fused-ring (bicyclic) bond motifs is 3. The van der Waals surface area contributed by atoms with Gasteiger partial charge in [-0.25, -0.2) is 4.79 Å². The Labute approximate surface area is 109 Å². The molecule has 3 fully saturated rings. The van der Waals surface area contributed by atoms with Crippen molar-refractivity contribution in [3.05, 3.63) is 0 Å². The quantitative estimate of drug-likeness (QED) is 0.768. The number of hydrogen-bond acceptors (Lipinski definition) is 3. The second kappa shape index (κ2) is 6.10. The summed E-state index contributed by atoms with van der Waals surface area (Å²) in [6.07, 6.45) is 8.42. The summed E-state index contributed by atoms with van der Waals surface area (Å²) in [5.41, 5.74) is 0. The number of nitrogens with one attached hydrogen (secondary N) is 1. The Hall–Kier alpha value is -1.21. The molecular weight excluding hydrogens is 228 g/mol. The standard InChI is InChI=1S/C14H22N2O2/c1-3-6-15-14(17)18-10-13-8-12-5-7-16(13)9-11(12)4-2/h2,11-13H,3,5-10H2,1H3,(H,15,17)/t11-,12-,13+/m0/s1. The van der Waals surface area contributed by atoms with Crippen LogP contribution >= 0.6 is 0 Å². The Morgan fingerprint density at radius 1 is 1.61 bits per heavy atom. The second-order valence-electron chi connectivity index (χ2n) is 5.23. The predicted molar refractivity (Wildman–Crippen MR) is 70.0 cm³/mol. The molecule has 0 spiro atoms. The van der Waals surface area contributed by atoms with Gasteiger partial charge in [-0.15, -0.1) is 12.3 Å². The van der Waals surface area contributed by atoms with Gasteiger partial charge >= 0.3 is 6.09 Å². The predicted octanol–water partition coefficient (Wildman–Crippen LogP) is 1.47. The number of nitrogens with zero attached hydrogens (tertiary/aromatic N) is 1. The number of rotatable bonds is 4. The van der Waals surface area contributed by atoms with E-state index in [1.54, 1.807) is 0 Å². The molecule has 4 atom stereocenters. The van der Waals surface area contributed by atoms with E-state index in [1.807, 2.05) is 6.92 Å². The molecule has 0 aliphatic carbocycles. The van der Waals surface area contributed by atoms with E-state index in [2.05, 4.69) is 16.1 Å². The van der Waals surface area contributed by atoms with Gasteiger partial charge in [0.15, 0.2) is 0 Å². The Morgan fingerprint density at radius 3 is 3.06 bits per heavy atom. The van der Waals surface area contributed by atoms with Crippen LogP contribution in [0.5, 0.6) is 0 Å². The largest absolute Gasteiger partial charge is 0.448 e. The van der Waals surface area contributed by atoms with Gasteiger partial charge in [0.05, 0.1) is 0 Å². The Kier molecular flexibility index (Phi) is 4.48. The number of alkyl carbamates (subject to hydrolysis) is 1. The normalized spacial score (nSPS) is 33.8. The van der Waals surface area contributed by atoms with Gasteiger partial charge in [0, 0.05) is 25.0 Å². The average Bonchev–Trinajstić information content (AvgIpc) is 2.43. The van der Waals surface area contributed by atoms with Crippen molar-refractivity contribution < 1.29 is 9.53 Å². The molecule has 0 radical (unpaired) electrons. The fraction of sp³-hybridized carbons (Fsp3) is 0.786. The van der Waals surface area contributed by atoms with Crippen molar-refractivity contribution in [2.75, 3.05) is 26.2 Å². The van der Waals surface area contributed by atoms with Gasteiger partial charge in [-0.05, 0) is 31.7 Å². The van der Waals surface area contributed by atoms with Crippen LogP contribution < -0.4 is 5.32 Å². The summed E-state index contributed by atoms with van der Waals surface area (Å²) in [5.74, 6) is 3.90. The van der Waals surface area contributed by atoms with Crippen LogP contribution in [0.25, 0.3) is 0 Å². The van der Waals surface area contributed by atoms with Gasteiger partial charge in [0.25, 0.3) is 0 Å². The summed E-state index contributed by atoms with van der Waals surface area (Å²) >= 11 is 0. The SMILES string of the molecule is C#C[C@H]1CN2CC[C@H]1C[C@@H]2COC(=O)NCCC. The van der Waals surface area contributed by atoms with Crippen molar-refractivity contribution >= 4 is 6.09 Å². The number of ether oxygens (including phenoxy) is 1. The molecular formula is C14H22N2O2. The van der Waals surface area contributed by atoms with Crippen LogP contribution in [0, 0.1) is 24.2 Å². The first-order valence-corrected chi connectivity index (χ1v) is 6.85. The van der Waals surface area contributed by atoms with Crippen molar-refractivity contribution in [3.8, 4) is 12.3 Å². The summed E-state index contributed by atoms with van der Waals surface area (Å²) in [6, 6.07) is 0.362. The Bertz CT molecular complexity index is 337. The minimum Gasteiger partial charge on any atom is -0.448 e. The first kappa shape index (κ1) is 13.2. The maximum atomic E-state index is 11.4. The number of carbonyl (C=O) groups is 1. The molecule has 100 valence electrons. The molecule has 1 unspecified atom stereocenters. The van der Waals surface area contributed by atoms with Crippen molar-refractivity contribution in [1.29, 1.82) is 0 Å². The van der Waals surface area contributed by atoms with Crippen LogP contribution in [0.1, 0.15) is 26.2 Å². The van der Waals surface area contributed by atoms with Crippen LogP contribution in [0.4, 0.5) is 4.79 Å². The Balaban J connectivity index is 1.75. The number of carbonyl (C=O) groups excluding carboxylic acids is 1. The molecule has 0 aromatic carbocycles. The molecule has 0 aromatic heterocycles. The molecule has 3 heterocycles. The van der Waals surface area contributed by atoms with Crippen LogP contribution in [0.15, 0.2) is 0 Å². The molecule has 4 nitrogen and oxygen atoms in total. The van der Waals surface area contributed by atoms with Gasteiger partial charge in [-0.3, -0.25) is 4.90 Å². The molecule has 1 amide bonds. The molecule has 1 N–H and O–H groups in total. The first-order valence-electron chi connectivity index (χ1n) is 6.85. The van der Waals surface area contributed by atoms with Gasteiger partial charge < -0.3 is 10.1 Å². The molecule has 2 bridgehead atoms. The lowest BCUT2D eigenvalue weighted by atomic mass is 9.76. The molecule has 3 aliphatic rings. The van der Waals surface area contributed by atoms with E-state index in [0.717, 1.165) is 25.9 Å². The number of hydrogen-bond donors (Lipinski definition) is 1. The molecule has 3 rings (SSSR count). The maximum Gasteiger partial charge on any atom is 0.407 e. The zero-order valence-electron chi connectivity index (χ0n) is 11.0. The summed E-state index contributed by atoms with van der Waals surface area (Å²) in [6.45, 7) is 5.24. The third kappa shape index (κ3) is 2.97. The lowest BCUT2D eigenvalue weighted by Crippen LogP contribution is -2.54. The number of piperidine rings is 3. The van der Waals surface area contributed by atoms with Gasteiger partial charge in [0.1, 0.15) is 6.61 Å². The van der Waals surface area contributed by atoms with E-state index in [1.165, 1.54) is 6.42 Å². The minimum atomic E-state index is -0.298. The first-order chi connectivity index (χ1) is 8.74.